The highest BCUT2D eigenvalue weighted by molar-refractivity contribution is 5.42. The molecule has 0 radical (unpaired) electrons. The lowest BCUT2D eigenvalue weighted by Gasteiger charge is -2.03. The van der Waals surface area contributed by atoms with Crippen molar-refractivity contribution in [2.45, 2.75) is 32.6 Å². The Morgan fingerprint density at radius 2 is 1.80 bits per heavy atom. The maximum absolute atomic E-state index is 3.40. The lowest BCUT2D eigenvalue weighted by Crippen LogP contribution is -2.00. The molecule has 0 spiro atoms. The largest absolute Gasteiger partial charge is 0.385 e. The summed E-state index contributed by atoms with van der Waals surface area (Å²) in [5.74, 6) is 0. The smallest absolute Gasteiger partial charge is 0.0340 e. The lowest BCUT2D eigenvalue weighted by molar-refractivity contribution is 0.877. The van der Waals surface area contributed by atoms with E-state index in [-0.39, 0.29) is 0 Å². The Morgan fingerprint density at radius 3 is 2.53 bits per heavy atom. The Balaban J connectivity index is 2.02. The summed E-state index contributed by atoms with van der Waals surface area (Å²) in [5.41, 5.74) is 1.22. The van der Waals surface area contributed by atoms with E-state index in [1.54, 1.807) is 0 Å². The quantitative estimate of drug-likeness (QED) is 0.516. The summed E-state index contributed by atoms with van der Waals surface area (Å²) >= 11 is 0. The number of hydrogen-bond donors (Lipinski definition) is 1. The molecule has 0 saturated carbocycles. The van der Waals surface area contributed by atoms with Crippen molar-refractivity contribution < 1.29 is 0 Å². The number of unbranched alkanes of at least 4 members (excludes halogenated alkanes) is 2. The van der Waals surface area contributed by atoms with Crippen LogP contribution in [0.1, 0.15) is 32.6 Å². The van der Waals surface area contributed by atoms with Crippen LogP contribution in [0.2, 0.25) is 0 Å². The maximum atomic E-state index is 3.40. The molecular weight excluding hydrogens is 182 g/mol. The molecule has 0 saturated heterocycles. The highest BCUT2D eigenvalue weighted by atomic mass is 14.9. The topological polar surface area (TPSA) is 12.0 Å². The van der Waals surface area contributed by atoms with Gasteiger partial charge in [0.1, 0.15) is 0 Å². The molecule has 1 nitrogen and oxygen atoms in total. The zero-order valence-electron chi connectivity index (χ0n) is 9.58. The Labute approximate surface area is 93.2 Å². The monoisotopic (exact) mass is 203 g/mol. The van der Waals surface area contributed by atoms with E-state index in [0.29, 0.717) is 0 Å². The van der Waals surface area contributed by atoms with Crippen LogP contribution in [0.5, 0.6) is 0 Å². The van der Waals surface area contributed by atoms with Crippen molar-refractivity contribution in [3.63, 3.8) is 0 Å². The first-order chi connectivity index (χ1) is 7.43. The summed E-state index contributed by atoms with van der Waals surface area (Å²) in [6, 6.07) is 10.4. The molecule has 0 aliphatic rings. The first-order valence-corrected chi connectivity index (χ1v) is 5.87. The predicted molar refractivity (Wildman–Crippen MR) is 68.2 cm³/mol. The van der Waals surface area contributed by atoms with Gasteiger partial charge in [-0.1, -0.05) is 43.7 Å². The molecule has 0 aromatic heterocycles. The lowest BCUT2D eigenvalue weighted by atomic mass is 10.2. The molecule has 0 unspecified atom stereocenters. The van der Waals surface area contributed by atoms with E-state index in [1.165, 1.54) is 31.4 Å². The highest BCUT2D eigenvalue weighted by Crippen LogP contribution is 2.05. The summed E-state index contributed by atoms with van der Waals surface area (Å²) in [6.07, 6.45) is 9.42. The maximum Gasteiger partial charge on any atom is 0.0340 e. The van der Waals surface area contributed by atoms with Gasteiger partial charge in [-0.05, 0) is 31.4 Å². The van der Waals surface area contributed by atoms with E-state index < -0.39 is 0 Å². The van der Waals surface area contributed by atoms with Gasteiger partial charge in [-0.15, -0.1) is 0 Å². The first kappa shape index (κ1) is 11.8. The third-order valence-corrected chi connectivity index (χ3v) is 2.27. The highest BCUT2D eigenvalue weighted by Gasteiger charge is 1.87. The molecule has 0 fully saturated rings. The molecule has 1 heteroatoms. The van der Waals surface area contributed by atoms with E-state index in [0.717, 1.165) is 6.54 Å². The van der Waals surface area contributed by atoms with Gasteiger partial charge in [0.05, 0.1) is 0 Å². The standard InChI is InChI=1S/C14H21N/c1-2-3-4-5-6-10-13-15-14-11-8-7-9-12-14/h4-5,7-9,11-12,15H,2-3,6,10,13H2,1H3/b5-4+. The molecule has 0 aliphatic heterocycles. The fourth-order valence-electron chi connectivity index (χ4n) is 1.41. The molecule has 1 N–H and O–H groups in total. The van der Waals surface area contributed by atoms with Crippen LogP contribution in [-0.2, 0) is 0 Å². The molecule has 1 rings (SSSR count). The van der Waals surface area contributed by atoms with E-state index >= 15 is 0 Å². The average molecular weight is 203 g/mol. The second-order valence-corrected chi connectivity index (χ2v) is 3.70. The Hall–Kier alpha value is -1.24. The van der Waals surface area contributed by atoms with Gasteiger partial charge in [0.25, 0.3) is 0 Å². The van der Waals surface area contributed by atoms with Gasteiger partial charge in [0.15, 0.2) is 0 Å². The fraction of sp³-hybridized carbons (Fsp3) is 0.429. The van der Waals surface area contributed by atoms with Crippen LogP contribution in [0.3, 0.4) is 0 Å². The number of anilines is 1. The van der Waals surface area contributed by atoms with Gasteiger partial charge >= 0.3 is 0 Å². The zero-order valence-corrected chi connectivity index (χ0v) is 9.58. The predicted octanol–water partition coefficient (Wildman–Crippen LogP) is 4.24. The van der Waals surface area contributed by atoms with Gasteiger partial charge in [0.2, 0.25) is 0 Å². The van der Waals surface area contributed by atoms with Gasteiger partial charge in [-0.3, -0.25) is 0 Å². The third kappa shape index (κ3) is 5.95. The van der Waals surface area contributed by atoms with Crippen LogP contribution < -0.4 is 5.32 Å². The van der Waals surface area contributed by atoms with E-state index in [2.05, 4.69) is 48.7 Å². The molecule has 0 amide bonds. The number of allylic oxidation sites excluding steroid dienone is 2. The fourth-order valence-corrected chi connectivity index (χ4v) is 1.41. The molecule has 0 bridgehead atoms. The average Bonchev–Trinajstić information content (AvgIpc) is 2.29. The zero-order chi connectivity index (χ0) is 10.8. The molecule has 82 valence electrons. The summed E-state index contributed by atoms with van der Waals surface area (Å²) in [6.45, 7) is 3.27. The van der Waals surface area contributed by atoms with Gasteiger partial charge in [-0.2, -0.15) is 0 Å². The van der Waals surface area contributed by atoms with Crippen molar-refractivity contribution in [1.29, 1.82) is 0 Å². The Kier molecular flexibility index (Phi) is 6.39. The van der Waals surface area contributed by atoms with E-state index in [9.17, 15) is 0 Å². The Bertz CT molecular complexity index is 264. The summed E-state index contributed by atoms with van der Waals surface area (Å²) in [4.78, 5) is 0. The van der Waals surface area contributed by atoms with Gasteiger partial charge in [-0.25, -0.2) is 0 Å². The van der Waals surface area contributed by atoms with Crippen molar-refractivity contribution >= 4 is 5.69 Å². The normalized spacial score (nSPS) is 10.7. The number of benzene rings is 1. The van der Waals surface area contributed by atoms with Crippen LogP contribution in [0, 0.1) is 0 Å². The van der Waals surface area contributed by atoms with Crippen LogP contribution in [-0.4, -0.2) is 6.54 Å². The molecular formula is C14H21N. The molecule has 0 aliphatic carbocycles. The van der Waals surface area contributed by atoms with Crippen molar-refractivity contribution in [3.05, 3.63) is 42.5 Å². The van der Waals surface area contributed by atoms with Crippen molar-refractivity contribution in [2.24, 2.45) is 0 Å². The summed E-state index contributed by atoms with van der Waals surface area (Å²) in [5, 5.41) is 3.40. The van der Waals surface area contributed by atoms with E-state index in [1.807, 2.05) is 6.07 Å². The van der Waals surface area contributed by atoms with Gasteiger partial charge < -0.3 is 5.32 Å². The number of nitrogens with one attached hydrogen (secondary N) is 1. The minimum Gasteiger partial charge on any atom is -0.385 e. The van der Waals surface area contributed by atoms with Crippen LogP contribution in [0.25, 0.3) is 0 Å². The molecule has 1 aromatic rings. The van der Waals surface area contributed by atoms with Crippen molar-refractivity contribution in [3.8, 4) is 0 Å². The first-order valence-electron chi connectivity index (χ1n) is 5.87. The SMILES string of the molecule is CCC/C=C/CCCNc1ccccc1. The van der Waals surface area contributed by atoms with Crippen molar-refractivity contribution in [1.82, 2.24) is 0 Å². The second kappa shape index (κ2) is 8.10. The summed E-state index contributed by atoms with van der Waals surface area (Å²) < 4.78 is 0. The number of para-hydroxylation sites is 1. The number of hydrogen-bond acceptors (Lipinski definition) is 1. The molecule has 15 heavy (non-hydrogen) atoms. The van der Waals surface area contributed by atoms with Gasteiger partial charge in [0, 0.05) is 12.2 Å². The van der Waals surface area contributed by atoms with Crippen molar-refractivity contribution in [2.75, 3.05) is 11.9 Å². The van der Waals surface area contributed by atoms with Crippen LogP contribution in [0.4, 0.5) is 5.69 Å². The van der Waals surface area contributed by atoms with Crippen LogP contribution >= 0.6 is 0 Å². The third-order valence-electron chi connectivity index (χ3n) is 2.27. The molecule has 0 atom stereocenters. The Morgan fingerprint density at radius 1 is 1.07 bits per heavy atom. The second-order valence-electron chi connectivity index (χ2n) is 3.70. The van der Waals surface area contributed by atoms with Crippen LogP contribution in [0.15, 0.2) is 42.5 Å². The minimum atomic E-state index is 1.06. The summed E-state index contributed by atoms with van der Waals surface area (Å²) in [7, 11) is 0. The molecule has 0 heterocycles. The molecule has 1 aromatic carbocycles. The van der Waals surface area contributed by atoms with E-state index in [4.69, 9.17) is 0 Å². The minimum absolute atomic E-state index is 1.06. The number of rotatable bonds is 7.